The van der Waals surface area contributed by atoms with E-state index < -0.39 is 17.6 Å². The van der Waals surface area contributed by atoms with Gasteiger partial charge in [0.05, 0.1) is 25.3 Å². The molecule has 0 radical (unpaired) electrons. The summed E-state index contributed by atoms with van der Waals surface area (Å²) in [5.41, 5.74) is 0.168. The Balaban J connectivity index is 1.43. The van der Waals surface area contributed by atoms with E-state index in [1.165, 1.54) is 12.1 Å². The quantitative estimate of drug-likeness (QED) is 0.253. The van der Waals surface area contributed by atoms with Gasteiger partial charge in [-0.2, -0.15) is 13.2 Å². The monoisotopic (exact) mass is 518 g/mol. The molecule has 0 saturated carbocycles. The lowest BCUT2D eigenvalue weighted by Gasteiger charge is -2.13. The lowest BCUT2D eigenvalue weighted by Crippen LogP contribution is -2.13. The van der Waals surface area contributed by atoms with E-state index in [1.54, 1.807) is 68.9 Å². The van der Waals surface area contributed by atoms with Crippen molar-refractivity contribution in [2.75, 3.05) is 19.5 Å². The zero-order valence-electron chi connectivity index (χ0n) is 20.3. The largest absolute Gasteiger partial charge is 0.493 e. The highest BCUT2D eigenvalue weighted by Gasteiger charge is 2.30. The molecule has 38 heavy (non-hydrogen) atoms. The summed E-state index contributed by atoms with van der Waals surface area (Å²) < 4.78 is 56.0. The van der Waals surface area contributed by atoms with E-state index in [0.717, 1.165) is 28.3 Å². The van der Waals surface area contributed by atoms with E-state index in [4.69, 9.17) is 14.2 Å². The van der Waals surface area contributed by atoms with Crippen LogP contribution in [-0.2, 0) is 6.18 Å². The van der Waals surface area contributed by atoms with Crippen LogP contribution >= 0.6 is 0 Å². The average molecular weight is 518 g/mol. The first-order chi connectivity index (χ1) is 18.2. The molecule has 0 aliphatic carbocycles. The van der Waals surface area contributed by atoms with Gasteiger partial charge in [-0.3, -0.25) is 9.78 Å². The summed E-state index contributed by atoms with van der Waals surface area (Å²) in [6, 6.07) is 20.3. The Hall–Kier alpha value is -4.79. The van der Waals surface area contributed by atoms with Crippen LogP contribution in [0.4, 0.5) is 18.9 Å². The van der Waals surface area contributed by atoms with E-state index in [2.05, 4.69) is 10.3 Å². The molecule has 6 nitrogen and oxygen atoms in total. The van der Waals surface area contributed by atoms with Crippen LogP contribution in [0.5, 0.6) is 23.0 Å². The Bertz CT molecular complexity index is 1670. The van der Waals surface area contributed by atoms with Crippen LogP contribution in [0.2, 0.25) is 0 Å². The summed E-state index contributed by atoms with van der Waals surface area (Å²) in [4.78, 5) is 17.2. The molecule has 0 unspecified atom stereocenters. The van der Waals surface area contributed by atoms with E-state index >= 15 is 0 Å². The summed E-state index contributed by atoms with van der Waals surface area (Å²) in [5, 5.41) is 4.83. The number of nitrogens with zero attached hydrogens (tertiary/aromatic N) is 1. The van der Waals surface area contributed by atoms with Crippen LogP contribution in [0.25, 0.3) is 21.7 Å². The number of ether oxygens (including phenoxy) is 3. The molecule has 9 heteroatoms. The fourth-order valence-corrected chi connectivity index (χ4v) is 4.07. The first kappa shape index (κ1) is 24.9. The Kier molecular flexibility index (Phi) is 6.50. The number of aromatic nitrogens is 1. The molecule has 192 valence electrons. The Morgan fingerprint density at radius 3 is 2.34 bits per heavy atom. The molecule has 0 aliphatic heterocycles. The number of anilines is 1. The molecule has 0 bridgehead atoms. The lowest BCUT2D eigenvalue weighted by molar-refractivity contribution is -0.137. The van der Waals surface area contributed by atoms with Crippen LogP contribution in [0.15, 0.2) is 85.1 Å². The lowest BCUT2D eigenvalue weighted by atomic mass is 10.1. The molecule has 1 N–H and O–H groups in total. The van der Waals surface area contributed by atoms with Gasteiger partial charge >= 0.3 is 6.18 Å². The summed E-state index contributed by atoms with van der Waals surface area (Å²) in [7, 11) is 3.10. The number of halogens is 3. The molecule has 5 aromatic rings. The van der Waals surface area contributed by atoms with E-state index in [-0.39, 0.29) is 5.69 Å². The Morgan fingerprint density at radius 1 is 0.816 bits per heavy atom. The normalized spacial score (nSPS) is 11.4. The van der Waals surface area contributed by atoms with Crippen molar-refractivity contribution in [1.82, 2.24) is 4.98 Å². The number of rotatable bonds is 6. The zero-order valence-corrected chi connectivity index (χ0v) is 20.3. The van der Waals surface area contributed by atoms with Gasteiger partial charge in [0, 0.05) is 28.9 Å². The highest BCUT2D eigenvalue weighted by atomic mass is 19.4. The van der Waals surface area contributed by atoms with Crippen molar-refractivity contribution in [1.29, 1.82) is 0 Å². The molecule has 0 spiro atoms. The summed E-state index contributed by atoms with van der Waals surface area (Å²) in [6.45, 7) is 0. The van der Waals surface area contributed by atoms with Crippen LogP contribution in [-0.4, -0.2) is 25.1 Å². The number of methoxy groups -OCH3 is 2. The zero-order chi connectivity index (χ0) is 26.9. The van der Waals surface area contributed by atoms with Gasteiger partial charge in [0.15, 0.2) is 11.5 Å². The van der Waals surface area contributed by atoms with Crippen LogP contribution < -0.4 is 19.5 Å². The van der Waals surface area contributed by atoms with E-state index in [9.17, 15) is 18.0 Å². The second-order valence-corrected chi connectivity index (χ2v) is 8.39. The molecule has 4 aromatic carbocycles. The number of benzene rings is 4. The van der Waals surface area contributed by atoms with Crippen molar-refractivity contribution in [2.24, 2.45) is 0 Å². The van der Waals surface area contributed by atoms with Crippen molar-refractivity contribution in [2.45, 2.75) is 6.18 Å². The molecule has 1 aromatic heterocycles. The first-order valence-electron chi connectivity index (χ1n) is 11.5. The topological polar surface area (TPSA) is 69.7 Å². The van der Waals surface area contributed by atoms with Gasteiger partial charge in [0.1, 0.15) is 11.5 Å². The van der Waals surface area contributed by atoms with Crippen LogP contribution in [0.1, 0.15) is 15.9 Å². The number of alkyl halides is 3. The van der Waals surface area contributed by atoms with E-state index in [1.807, 2.05) is 6.07 Å². The minimum atomic E-state index is -4.50. The highest BCUT2D eigenvalue weighted by molar-refractivity contribution is 6.06. The van der Waals surface area contributed by atoms with Crippen molar-refractivity contribution < 1.29 is 32.2 Å². The summed E-state index contributed by atoms with van der Waals surface area (Å²) in [5.74, 6) is 1.63. The van der Waals surface area contributed by atoms with Gasteiger partial charge in [-0.05, 0) is 65.4 Å². The third kappa shape index (κ3) is 5.04. The van der Waals surface area contributed by atoms with Gasteiger partial charge in [0.2, 0.25) is 0 Å². The van der Waals surface area contributed by atoms with Gasteiger partial charge in [-0.1, -0.05) is 18.2 Å². The standard InChI is InChI=1S/C29H21F3N2O4/c1-36-26-15-23-24(16-27(26)37-2)33-11-10-25(23)38-22-9-8-17-6-7-18(12-19(17)13-22)28(35)34-21-5-3-4-20(14-21)29(30,31)32/h3-16H,1-2H3,(H,34,35). The summed E-state index contributed by atoms with van der Waals surface area (Å²) in [6.07, 6.45) is -2.88. The molecule has 1 amide bonds. The molecule has 5 rings (SSSR count). The fraction of sp³-hybridized carbons (Fsp3) is 0.103. The van der Waals surface area contributed by atoms with Gasteiger partial charge in [-0.25, -0.2) is 0 Å². The minimum absolute atomic E-state index is 0.0543. The molecule has 1 heterocycles. The smallest absolute Gasteiger partial charge is 0.416 e. The molecule has 0 saturated heterocycles. The number of pyridine rings is 1. The maximum absolute atomic E-state index is 13.0. The number of carbonyl (C=O) groups excluding carboxylic acids is 1. The second kappa shape index (κ2) is 9.93. The maximum atomic E-state index is 13.0. The minimum Gasteiger partial charge on any atom is -0.493 e. The third-order valence-corrected chi connectivity index (χ3v) is 5.96. The van der Waals surface area contributed by atoms with Gasteiger partial charge in [-0.15, -0.1) is 0 Å². The number of fused-ring (bicyclic) bond motifs is 2. The number of nitrogens with one attached hydrogen (secondary N) is 1. The number of amides is 1. The molecule has 0 aliphatic rings. The van der Waals surface area contributed by atoms with Crippen LogP contribution in [0, 0.1) is 0 Å². The number of carbonyl (C=O) groups is 1. The SMILES string of the molecule is COc1cc2nccc(Oc3ccc4ccc(C(=O)Nc5cccc(C(F)(F)F)c5)cc4c3)c2cc1OC. The number of hydrogen-bond donors (Lipinski definition) is 1. The van der Waals surface area contributed by atoms with Gasteiger partial charge < -0.3 is 19.5 Å². The molecule has 0 fully saturated rings. The average Bonchev–Trinajstić information content (AvgIpc) is 2.91. The third-order valence-electron chi connectivity index (χ3n) is 5.96. The van der Waals surface area contributed by atoms with Crippen molar-refractivity contribution in [3.63, 3.8) is 0 Å². The highest BCUT2D eigenvalue weighted by Crippen LogP contribution is 2.37. The Morgan fingerprint density at radius 2 is 1.58 bits per heavy atom. The molecular weight excluding hydrogens is 497 g/mol. The van der Waals surface area contributed by atoms with Crippen molar-refractivity contribution in [3.8, 4) is 23.0 Å². The van der Waals surface area contributed by atoms with Crippen molar-refractivity contribution >= 4 is 33.3 Å². The van der Waals surface area contributed by atoms with Gasteiger partial charge in [0.25, 0.3) is 5.91 Å². The fourth-order valence-electron chi connectivity index (χ4n) is 4.07. The molecular formula is C29H21F3N2O4. The molecule has 0 atom stereocenters. The van der Waals surface area contributed by atoms with E-state index in [0.29, 0.717) is 34.1 Å². The predicted molar refractivity (Wildman–Crippen MR) is 138 cm³/mol. The maximum Gasteiger partial charge on any atom is 0.416 e. The second-order valence-electron chi connectivity index (χ2n) is 8.39. The van der Waals surface area contributed by atoms with Crippen LogP contribution in [0.3, 0.4) is 0 Å². The number of hydrogen-bond acceptors (Lipinski definition) is 5. The first-order valence-corrected chi connectivity index (χ1v) is 11.5. The van der Waals surface area contributed by atoms with Crippen molar-refractivity contribution in [3.05, 3.63) is 96.2 Å². The predicted octanol–water partition coefficient (Wildman–Crippen LogP) is 7.47. The summed E-state index contributed by atoms with van der Waals surface area (Å²) >= 11 is 0. The Labute approximate surface area is 215 Å².